The van der Waals surface area contributed by atoms with Crippen LogP contribution in [0.4, 0.5) is 5.00 Å². The summed E-state index contributed by atoms with van der Waals surface area (Å²) in [4.78, 5) is 19.2. The van der Waals surface area contributed by atoms with Crippen molar-refractivity contribution in [2.24, 2.45) is 4.99 Å². The van der Waals surface area contributed by atoms with Crippen LogP contribution in [0.5, 0.6) is 0 Å². The largest absolute Gasteiger partial charge is 0.363 e. The molecule has 0 saturated carbocycles. The molecule has 0 bridgehead atoms. The molecule has 1 aliphatic rings. The fourth-order valence-electron chi connectivity index (χ4n) is 3.45. The van der Waals surface area contributed by atoms with Crippen molar-refractivity contribution in [3.05, 3.63) is 52.9 Å². The van der Waals surface area contributed by atoms with Gasteiger partial charge in [0.1, 0.15) is 0 Å². The topological polar surface area (TPSA) is 68.8 Å². The number of rotatable bonds is 7. The maximum Gasteiger partial charge on any atom is 0.251 e. The van der Waals surface area contributed by atoms with E-state index in [4.69, 9.17) is 4.99 Å². The zero-order chi connectivity index (χ0) is 20.5. The molecule has 1 aromatic heterocycles. The number of piperidine rings is 1. The number of guanidine groups is 1. The van der Waals surface area contributed by atoms with Crippen molar-refractivity contribution in [3.8, 4) is 0 Å². The predicted molar refractivity (Wildman–Crippen MR) is 122 cm³/mol. The third-order valence-electron chi connectivity index (χ3n) is 4.94. The van der Waals surface area contributed by atoms with Gasteiger partial charge in [-0.25, -0.2) is 4.99 Å². The second-order valence-corrected chi connectivity index (χ2v) is 8.04. The molecule has 6 nitrogen and oxygen atoms in total. The van der Waals surface area contributed by atoms with Gasteiger partial charge in [-0.2, -0.15) is 0 Å². The minimum atomic E-state index is -0.0409. The monoisotopic (exact) mass is 413 g/mol. The maximum absolute atomic E-state index is 12.0. The van der Waals surface area contributed by atoms with E-state index in [1.165, 1.54) is 5.00 Å². The number of hydrogen-bond donors (Lipinski definition) is 3. The molecule has 1 fully saturated rings. The first-order chi connectivity index (χ1) is 14.2. The molecular formula is C22H31N5OS. The highest BCUT2D eigenvalue weighted by atomic mass is 32.1. The Hall–Kier alpha value is -2.54. The molecule has 2 aromatic rings. The van der Waals surface area contributed by atoms with E-state index in [9.17, 15) is 4.79 Å². The molecule has 1 amide bonds. The van der Waals surface area contributed by atoms with E-state index >= 15 is 0 Å². The number of anilines is 1. The fraction of sp³-hybridized carbons (Fsp3) is 0.455. The lowest BCUT2D eigenvalue weighted by molar-refractivity contribution is 0.0955. The van der Waals surface area contributed by atoms with E-state index in [2.05, 4.69) is 45.3 Å². The highest BCUT2D eigenvalue weighted by Gasteiger charge is 2.20. The van der Waals surface area contributed by atoms with Gasteiger partial charge in [0.15, 0.2) is 5.96 Å². The molecule has 3 N–H and O–H groups in total. The van der Waals surface area contributed by atoms with E-state index in [1.54, 1.807) is 11.3 Å². The van der Waals surface area contributed by atoms with E-state index in [1.807, 2.05) is 31.2 Å². The molecule has 1 aromatic carbocycles. The molecule has 29 heavy (non-hydrogen) atoms. The standard InChI is InChI=1S/C22H31N5OS/c1-3-23-21(28)18-8-5-7-17(15-18)16-25-22(24-4-2)26-19-10-12-27(13-11-19)20-9-6-14-29-20/h5-9,14-15,19H,3-4,10-13,16H2,1-2H3,(H,23,28)(H2,24,25,26). The van der Waals surface area contributed by atoms with Crippen molar-refractivity contribution in [2.45, 2.75) is 39.3 Å². The number of thiophene rings is 1. The summed E-state index contributed by atoms with van der Waals surface area (Å²) in [7, 11) is 0. The predicted octanol–water partition coefficient (Wildman–Crippen LogP) is 3.22. The summed E-state index contributed by atoms with van der Waals surface area (Å²) in [5, 5.41) is 13.3. The summed E-state index contributed by atoms with van der Waals surface area (Å²) in [5.41, 5.74) is 1.71. The molecular weight excluding hydrogens is 382 g/mol. The molecule has 2 heterocycles. The lowest BCUT2D eigenvalue weighted by atomic mass is 10.1. The SMILES string of the molecule is CCNC(=O)c1cccc(CN=C(NCC)NC2CCN(c3cccs3)CC2)c1. The second kappa shape index (κ2) is 10.9. The zero-order valence-corrected chi connectivity index (χ0v) is 18.1. The van der Waals surface area contributed by atoms with Crippen molar-refractivity contribution in [3.63, 3.8) is 0 Å². The van der Waals surface area contributed by atoms with Gasteiger partial charge in [0.2, 0.25) is 0 Å². The Kier molecular flexibility index (Phi) is 7.93. The van der Waals surface area contributed by atoms with Crippen LogP contribution in [0, 0.1) is 0 Å². The van der Waals surface area contributed by atoms with Gasteiger partial charge in [-0.3, -0.25) is 4.79 Å². The summed E-state index contributed by atoms with van der Waals surface area (Å²) < 4.78 is 0. The number of benzene rings is 1. The van der Waals surface area contributed by atoms with Crippen molar-refractivity contribution in [1.29, 1.82) is 0 Å². The smallest absolute Gasteiger partial charge is 0.251 e. The molecule has 0 spiro atoms. The lowest BCUT2D eigenvalue weighted by Crippen LogP contribution is -2.48. The summed E-state index contributed by atoms with van der Waals surface area (Å²) in [6, 6.07) is 12.4. The van der Waals surface area contributed by atoms with Gasteiger partial charge in [-0.15, -0.1) is 11.3 Å². The zero-order valence-electron chi connectivity index (χ0n) is 17.3. The van der Waals surface area contributed by atoms with Crippen LogP contribution < -0.4 is 20.9 Å². The van der Waals surface area contributed by atoms with Crippen LogP contribution in [-0.4, -0.2) is 44.1 Å². The Morgan fingerprint density at radius 2 is 1.93 bits per heavy atom. The first-order valence-corrected chi connectivity index (χ1v) is 11.3. The molecule has 0 radical (unpaired) electrons. The number of aliphatic imine (C=N–C) groups is 1. The summed E-state index contributed by atoms with van der Waals surface area (Å²) >= 11 is 1.81. The molecule has 0 atom stereocenters. The lowest BCUT2D eigenvalue weighted by Gasteiger charge is -2.33. The third kappa shape index (κ3) is 6.22. The molecule has 156 valence electrons. The van der Waals surface area contributed by atoms with Crippen LogP contribution >= 0.6 is 11.3 Å². The minimum absolute atomic E-state index is 0.0409. The van der Waals surface area contributed by atoms with Crippen LogP contribution in [-0.2, 0) is 6.54 Å². The minimum Gasteiger partial charge on any atom is -0.363 e. The van der Waals surface area contributed by atoms with Gasteiger partial charge in [0, 0.05) is 37.8 Å². The summed E-state index contributed by atoms with van der Waals surface area (Å²) in [6.45, 7) is 8.10. The van der Waals surface area contributed by atoms with Crippen LogP contribution in [0.25, 0.3) is 0 Å². The first kappa shape index (κ1) is 21.2. The number of carbonyl (C=O) groups is 1. The molecule has 0 aliphatic carbocycles. The summed E-state index contributed by atoms with van der Waals surface area (Å²) in [6.07, 6.45) is 2.18. The Balaban J connectivity index is 1.56. The Morgan fingerprint density at radius 3 is 2.62 bits per heavy atom. The van der Waals surface area contributed by atoms with Crippen LogP contribution in [0.15, 0.2) is 46.8 Å². The van der Waals surface area contributed by atoms with Gasteiger partial charge in [0.05, 0.1) is 11.5 Å². The second-order valence-electron chi connectivity index (χ2n) is 7.11. The number of amides is 1. The van der Waals surface area contributed by atoms with E-state index < -0.39 is 0 Å². The van der Waals surface area contributed by atoms with E-state index in [0.29, 0.717) is 24.7 Å². The molecule has 7 heteroatoms. The van der Waals surface area contributed by atoms with Gasteiger partial charge >= 0.3 is 0 Å². The third-order valence-corrected chi connectivity index (χ3v) is 5.87. The Bertz CT molecular complexity index is 797. The van der Waals surface area contributed by atoms with Crippen LogP contribution in [0.2, 0.25) is 0 Å². The number of carbonyl (C=O) groups excluding carboxylic acids is 1. The molecule has 1 aliphatic heterocycles. The molecule has 1 saturated heterocycles. The average Bonchev–Trinajstić information content (AvgIpc) is 3.28. The normalized spacial score (nSPS) is 15.2. The quantitative estimate of drug-likeness (QED) is 0.482. The number of hydrogen-bond acceptors (Lipinski definition) is 4. The van der Waals surface area contributed by atoms with E-state index in [0.717, 1.165) is 44.0 Å². The van der Waals surface area contributed by atoms with Gasteiger partial charge < -0.3 is 20.9 Å². The maximum atomic E-state index is 12.0. The highest BCUT2D eigenvalue weighted by Crippen LogP contribution is 2.24. The van der Waals surface area contributed by atoms with E-state index in [-0.39, 0.29) is 5.91 Å². The van der Waals surface area contributed by atoms with Crippen LogP contribution in [0.1, 0.15) is 42.6 Å². The van der Waals surface area contributed by atoms with Crippen LogP contribution in [0.3, 0.4) is 0 Å². The van der Waals surface area contributed by atoms with Crippen molar-refractivity contribution in [1.82, 2.24) is 16.0 Å². The van der Waals surface area contributed by atoms with Gasteiger partial charge in [-0.05, 0) is 61.9 Å². The Morgan fingerprint density at radius 1 is 1.14 bits per heavy atom. The van der Waals surface area contributed by atoms with Crippen molar-refractivity contribution < 1.29 is 4.79 Å². The van der Waals surface area contributed by atoms with Crippen molar-refractivity contribution >= 4 is 28.2 Å². The number of nitrogens with zero attached hydrogens (tertiary/aromatic N) is 2. The first-order valence-electron chi connectivity index (χ1n) is 10.4. The fourth-order valence-corrected chi connectivity index (χ4v) is 4.24. The van der Waals surface area contributed by atoms with Gasteiger partial charge in [0.25, 0.3) is 5.91 Å². The number of nitrogens with one attached hydrogen (secondary N) is 3. The Labute approximate surface area is 177 Å². The summed E-state index contributed by atoms with van der Waals surface area (Å²) in [5.74, 6) is 0.798. The molecule has 0 unspecified atom stereocenters. The van der Waals surface area contributed by atoms with Crippen molar-refractivity contribution in [2.75, 3.05) is 31.1 Å². The molecule has 3 rings (SSSR count). The highest BCUT2D eigenvalue weighted by molar-refractivity contribution is 7.14. The average molecular weight is 414 g/mol. The van der Waals surface area contributed by atoms with Gasteiger partial charge in [-0.1, -0.05) is 12.1 Å².